The Morgan fingerprint density at radius 1 is 1.19 bits per heavy atom. The number of anilines is 3. The highest BCUT2D eigenvalue weighted by Gasteiger charge is 2.16. The molecule has 0 aliphatic carbocycles. The number of piperidine rings is 1. The predicted molar refractivity (Wildman–Crippen MR) is 110 cm³/mol. The summed E-state index contributed by atoms with van der Waals surface area (Å²) in [5.41, 5.74) is 2.56. The number of nitrogens with zero attached hydrogens (tertiary/aromatic N) is 3. The molecule has 6 heteroatoms. The lowest BCUT2D eigenvalue weighted by Gasteiger charge is -2.32. The fraction of sp³-hybridized carbons (Fsp3) is 0.476. The molecular formula is C21H29N5O. The highest BCUT2D eigenvalue weighted by atomic mass is 16.1. The first-order valence-electron chi connectivity index (χ1n) is 9.73. The van der Waals surface area contributed by atoms with Gasteiger partial charge in [0.05, 0.1) is 0 Å². The molecule has 1 aliphatic rings. The Balaban J connectivity index is 1.62. The van der Waals surface area contributed by atoms with Crippen molar-refractivity contribution in [3.8, 4) is 0 Å². The van der Waals surface area contributed by atoms with Crippen LogP contribution in [0.1, 0.15) is 44.1 Å². The fourth-order valence-electron chi connectivity index (χ4n) is 3.11. The van der Waals surface area contributed by atoms with Crippen LogP contribution in [0.15, 0.2) is 36.7 Å². The van der Waals surface area contributed by atoms with E-state index in [1.54, 1.807) is 6.07 Å². The molecule has 0 atom stereocenters. The summed E-state index contributed by atoms with van der Waals surface area (Å²) in [5.74, 6) is 1.66. The average molecular weight is 367 g/mol. The summed E-state index contributed by atoms with van der Waals surface area (Å²) < 4.78 is 0. The molecule has 1 aliphatic heterocycles. The maximum absolute atomic E-state index is 12.2. The van der Waals surface area contributed by atoms with Gasteiger partial charge in [-0.2, -0.15) is 0 Å². The van der Waals surface area contributed by atoms with E-state index in [4.69, 9.17) is 0 Å². The summed E-state index contributed by atoms with van der Waals surface area (Å²) in [6, 6.07) is 10.0. The van der Waals surface area contributed by atoms with Gasteiger partial charge in [0.2, 0.25) is 0 Å². The van der Waals surface area contributed by atoms with Crippen molar-refractivity contribution in [2.45, 2.75) is 33.6 Å². The van der Waals surface area contributed by atoms with E-state index in [0.29, 0.717) is 24.0 Å². The number of aromatic nitrogens is 2. The van der Waals surface area contributed by atoms with Crippen molar-refractivity contribution < 1.29 is 4.79 Å². The molecule has 1 aromatic carbocycles. The highest BCUT2D eigenvalue weighted by Crippen LogP contribution is 2.25. The van der Waals surface area contributed by atoms with Crippen LogP contribution in [-0.4, -0.2) is 35.5 Å². The van der Waals surface area contributed by atoms with Crippen LogP contribution < -0.4 is 15.5 Å². The minimum atomic E-state index is -0.177. The monoisotopic (exact) mass is 367 g/mol. The second kappa shape index (κ2) is 8.84. The summed E-state index contributed by atoms with van der Waals surface area (Å²) in [6.07, 6.45) is 3.92. The molecule has 144 valence electrons. The zero-order chi connectivity index (χ0) is 19.2. The Bertz CT molecular complexity index is 751. The van der Waals surface area contributed by atoms with Crippen molar-refractivity contribution >= 4 is 23.1 Å². The van der Waals surface area contributed by atoms with Crippen LogP contribution in [-0.2, 0) is 0 Å². The van der Waals surface area contributed by atoms with Crippen molar-refractivity contribution in [2.75, 3.05) is 29.9 Å². The molecule has 2 heterocycles. The molecule has 0 saturated carbocycles. The molecule has 2 aromatic rings. The number of amides is 1. The topological polar surface area (TPSA) is 70.2 Å². The van der Waals surface area contributed by atoms with E-state index in [9.17, 15) is 4.79 Å². The lowest BCUT2D eigenvalue weighted by atomic mass is 9.99. The lowest BCUT2D eigenvalue weighted by Crippen LogP contribution is -2.32. The maximum atomic E-state index is 12.2. The lowest BCUT2D eigenvalue weighted by molar-refractivity contribution is 0.0944. The Morgan fingerprint density at radius 3 is 2.56 bits per heavy atom. The molecule has 0 spiro atoms. The number of carbonyl (C=O) groups excluding carboxylic acids is 1. The third-order valence-electron chi connectivity index (χ3n) is 4.86. The molecular weight excluding hydrogens is 338 g/mol. The number of rotatable bonds is 6. The first-order chi connectivity index (χ1) is 13.0. The van der Waals surface area contributed by atoms with Gasteiger partial charge in [0.15, 0.2) is 0 Å². The van der Waals surface area contributed by atoms with Gasteiger partial charge in [0.25, 0.3) is 5.91 Å². The van der Waals surface area contributed by atoms with Gasteiger partial charge in [0.1, 0.15) is 17.8 Å². The molecule has 1 aromatic heterocycles. The fourth-order valence-corrected chi connectivity index (χ4v) is 3.11. The van der Waals surface area contributed by atoms with E-state index in [-0.39, 0.29) is 5.91 Å². The minimum Gasteiger partial charge on any atom is -0.372 e. The Morgan fingerprint density at radius 2 is 1.89 bits per heavy atom. The predicted octanol–water partition coefficient (Wildman–Crippen LogP) is 3.84. The van der Waals surface area contributed by atoms with Crippen LogP contribution in [0, 0.1) is 11.8 Å². The molecule has 1 fully saturated rings. The van der Waals surface area contributed by atoms with E-state index >= 15 is 0 Å². The second-order valence-corrected chi connectivity index (χ2v) is 7.73. The summed E-state index contributed by atoms with van der Waals surface area (Å²) in [6.45, 7) is 9.30. The van der Waals surface area contributed by atoms with Crippen molar-refractivity contribution in [1.82, 2.24) is 15.3 Å². The number of benzene rings is 1. The van der Waals surface area contributed by atoms with E-state index in [1.165, 1.54) is 24.9 Å². The van der Waals surface area contributed by atoms with Gasteiger partial charge in [-0.15, -0.1) is 0 Å². The summed E-state index contributed by atoms with van der Waals surface area (Å²) in [5, 5.41) is 6.13. The van der Waals surface area contributed by atoms with E-state index < -0.39 is 0 Å². The molecule has 1 amide bonds. The molecule has 27 heavy (non-hydrogen) atoms. The highest BCUT2D eigenvalue weighted by molar-refractivity contribution is 5.92. The van der Waals surface area contributed by atoms with Crippen molar-refractivity contribution in [3.63, 3.8) is 0 Å². The number of carbonyl (C=O) groups is 1. The van der Waals surface area contributed by atoms with Gasteiger partial charge in [-0.3, -0.25) is 4.79 Å². The molecule has 0 bridgehead atoms. The SMILES string of the molecule is CC(C)CNC(=O)c1cc(Nc2ccc(N3CCC(C)CC3)cc2)ncn1. The van der Waals surface area contributed by atoms with Crippen LogP contribution in [0.5, 0.6) is 0 Å². The van der Waals surface area contributed by atoms with Gasteiger partial charge in [-0.25, -0.2) is 9.97 Å². The number of hydrogen-bond acceptors (Lipinski definition) is 5. The van der Waals surface area contributed by atoms with Crippen molar-refractivity contribution in [3.05, 3.63) is 42.4 Å². The summed E-state index contributed by atoms with van der Waals surface area (Å²) in [4.78, 5) is 22.9. The molecule has 6 nitrogen and oxygen atoms in total. The van der Waals surface area contributed by atoms with Crippen LogP contribution in [0.4, 0.5) is 17.2 Å². The minimum absolute atomic E-state index is 0.177. The van der Waals surface area contributed by atoms with Crippen LogP contribution >= 0.6 is 0 Å². The van der Waals surface area contributed by atoms with Crippen LogP contribution in [0.3, 0.4) is 0 Å². The Kier molecular flexibility index (Phi) is 6.27. The second-order valence-electron chi connectivity index (χ2n) is 7.73. The molecule has 1 saturated heterocycles. The average Bonchev–Trinajstić information content (AvgIpc) is 2.67. The first kappa shape index (κ1) is 19.1. The summed E-state index contributed by atoms with van der Waals surface area (Å²) >= 11 is 0. The Labute approximate surface area is 161 Å². The molecule has 3 rings (SSSR count). The summed E-state index contributed by atoms with van der Waals surface area (Å²) in [7, 11) is 0. The van der Waals surface area contributed by atoms with Crippen LogP contribution in [0.25, 0.3) is 0 Å². The van der Waals surface area contributed by atoms with Gasteiger partial charge in [-0.05, 0) is 48.9 Å². The van der Waals surface area contributed by atoms with E-state index in [1.807, 2.05) is 12.1 Å². The number of nitrogens with one attached hydrogen (secondary N) is 2. The molecule has 0 radical (unpaired) electrons. The first-order valence-corrected chi connectivity index (χ1v) is 9.73. The standard InChI is InChI=1S/C21H29N5O/c1-15(2)13-22-21(27)19-12-20(24-14-23-19)25-17-4-6-18(7-5-17)26-10-8-16(3)9-11-26/h4-7,12,14-16H,8-11,13H2,1-3H3,(H,22,27)(H,23,24,25). The normalized spacial score (nSPS) is 15.0. The third-order valence-corrected chi connectivity index (χ3v) is 4.86. The number of hydrogen-bond donors (Lipinski definition) is 2. The van der Waals surface area contributed by atoms with Gasteiger partial charge < -0.3 is 15.5 Å². The maximum Gasteiger partial charge on any atom is 0.270 e. The van der Waals surface area contributed by atoms with Crippen molar-refractivity contribution in [1.29, 1.82) is 0 Å². The quantitative estimate of drug-likeness (QED) is 0.812. The van der Waals surface area contributed by atoms with E-state index in [0.717, 1.165) is 24.7 Å². The van der Waals surface area contributed by atoms with Gasteiger partial charge >= 0.3 is 0 Å². The third kappa shape index (κ3) is 5.42. The van der Waals surface area contributed by atoms with Gasteiger partial charge in [-0.1, -0.05) is 20.8 Å². The zero-order valence-corrected chi connectivity index (χ0v) is 16.4. The van der Waals surface area contributed by atoms with Gasteiger partial charge in [0, 0.05) is 37.1 Å². The van der Waals surface area contributed by atoms with Crippen molar-refractivity contribution in [2.24, 2.45) is 11.8 Å². The molecule has 0 unspecified atom stereocenters. The van der Waals surface area contributed by atoms with Crippen LogP contribution in [0.2, 0.25) is 0 Å². The zero-order valence-electron chi connectivity index (χ0n) is 16.4. The largest absolute Gasteiger partial charge is 0.372 e. The molecule has 2 N–H and O–H groups in total. The smallest absolute Gasteiger partial charge is 0.270 e. The van der Waals surface area contributed by atoms with E-state index in [2.05, 4.69) is 58.4 Å². The Hall–Kier alpha value is -2.63.